The maximum absolute atomic E-state index is 12.2. The van der Waals surface area contributed by atoms with E-state index in [-0.39, 0.29) is 0 Å². The number of benzene rings is 1. The van der Waals surface area contributed by atoms with Gasteiger partial charge in [0.05, 0.1) is 11.5 Å². The van der Waals surface area contributed by atoms with Gasteiger partial charge in [0.25, 0.3) is 0 Å². The summed E-state index contributed by atoms with van der Waals surface area (Å²) in [6, 6.07) is 6.84. The van der Waals surface area contributed by atoms with Gasteiger partial charge in [-0.05, 0) is 30.5 Å². The average molecular weight is 286 g/mol. The Labute approximate surface area is 115 Å². The van der Waals surface area contributed by atoms with E-state index in [1.807, 2.05) is 6.92 Å². The van der Waals surface area contributed by atoms with E-state index in [1.165, 1.54) is 4.31 Å². The Kier molecular flexibility index (Phi) is 6.44. The highest BCUT2D eigenvalue weighted by molar-refractivity contribution is 7.89. The van der Waals surface area contributed by atoms with E-state index >= 15 is 0 Å². The topological polar surface area (TPSA) is 72.6 Å². The molecule has 0 unspecified atom stereocenters. The van der Waals surface area contributed by atoms with Crippen molar-refractivity contribution in [1.82, 2.24) is 4.31 Å². The molecule has 0 amide bonds. The molecule has 6 heteroatoms. The quantitative estimate of drug-likeness (QED) is 0.736. The van der Waals surface area contributed by atoms with E-state index in [0.717, 1.165) is 18.4 Å². The lowest BCUT2D eigenvalue weighted by Crippen LogP contribution is -2.27. The van der Waals surface area contributed by atoms with Crippen LogP contribution in [0.1, 0.15) is 25.3 Å². The monoisotopic (exact) mass is 286 g/mol. The highest BCUT2D eigenvalue weighted by atomic mass is 32.2. The van der Waals surface area contributed by atoms with Crippen LogP contribution in [0.4, 0.5) is 0 Å². The van der Waals surface area contributed by atoms with Crippen molar-refractivity contribution in [2.24, 2.45) is 5.90 Å². The molecule has 0 spiro atoms. The van der Waals surface area contributed by atoms with Crippen LogP contribution in [-0.2, 0) is 21.3 Å². The van der Waals surface area contributed by atoms with Crippen molar-refractivity contribution < 1.29 is 13.3 Å². The fourth-order valence-electron chi connectivity index (χ4n) is 1.69. The van der Waals surface area contributed by atoms with Gasteiger partial charge in [-0.25, -0.2) is 18.6 Å². The zero-order valence-electron chi connectivity index (χ0n) is 11.5. The van der Waals surface area contributed by atoms with Gasteiger partial charge in [0.1, 0.15) is 0 Å². The number of nitrogens with two attached hydrogens (primary N) is 1. The molecule has 19 heavy (non-hydrogen) atoms. The third kappa shape index (κ3) is 4.58. The SMILES string of the molecule is CCCCN(C)S(=O)(=O)c1ccc(CCON)cc1. The minimum Gasteiger partial charge on any atom is -0.304 e. The maximum atomic E-state index is 12.2. The minimum absolute atomic E-state index is 0.323. The van der Waals surface area contributed by atoms with Crippen molar-refractivity contribution in [3.63, 3.8) is 0 Å². The summed E-state index contributed by atoms with van der Waals surface area (Å²) in [6.07, 6.45) is 2.50. The second-order valence-corrected chi connectivity index (χ2v) is 6.49. The molecule has 0 aliphatic rings. The second kappa shape index (κ2) is 7.59. The fraction of sp³-hybridized carbons (Fsp3) is 0.538. The van der Waals surface area contributed by atoms with Crippen LogP contribution in [0, 0.1) is 0 Å². The molecule has 1 aromatic carbocycles. The molecule has 108 valence electrons. The van der Waals surface area contributed by atoms with Crippen LogP contribution in [0.15, 0.2) is 29.2 Å². The van der Waals surface area contributed by atoms with E-state index in [9.17, 15) is 8.42 Å². The number of sulfonamides is 1. The standard InChI is InChI=1S/C13H22N2O3S/c1-3-4-10-15(2)19(16,17)13-7-5-12(6-8-13)9-11-18-14/h5-8H,3-4,9-11,14H2,1-2H3. The molecule has 0 radical (unpaired) electrons. The third-order valence-corrected chi connectivity index (χ3v) is 4.84. The number of hydrogen-bond acceptors (Lipinski definition) is 4. The van der Waals surface area contributed by atoms with Crippen LogP contribution < -0.4 is 5.90 Å². The first-order valence-corrected chi connectivity index (χ1v) is 7.83. The van der Waals surface area contributed by atoms with E-state index in [1.54, 1.807) is 31.3 Å². The minimum atomic E-state index is -3.37. The Morgan fingerprint density at radius 1 is 1.26 bits per heavy atom. The van der Waals surface area contributed by atoms with Gasteiger partial charge >= 0.3 is 0 Å². The summed E-state index contributed by atoms with van der Waals surface area (Å²) in [4.78, 5) is 4.82. The zero-order valence-corrected chi connectivity index (χ0v) is 12.3. The molecule has 0 fully saturated rings. The molecule has 1 rings (SSSR count). The second-order valence-electron chi connectivity index (χ2n) is 4.44. The zero-order chi connectivity index (χ0) is 14.3. The highest BCUT2D eigenvalue weighted by Crippen LogP contribution is 2.16. The molecule has 0 saturated carbocycles. The summed E-state index contributed by atoms with van der Waals surface area (Å²) in [5.74, 6) is 4.96. The van der Waals surface area contributed by atoms with Crippen LogP contribution >= 0.6 is 0 Å². The van der Waals surface area contributed by atoms with Crippen molar-refractivity contribution >= 4 is 10.0 Å². The lowest BCUT2D eigenvalue weighted by atomic mass is 10.2. The number of nitrogens with zero attached hydrogens (tertiary/aromatic N) is 1. The molecule has 1 aromatic rings. The Morgan fingerprint density at radius 3 is 2.42 bits per heavy atom. The molecule has 0 saturated heterocycles. The Hall–Kier alpha value is -0.950. The number of unbranched alkanes of at least 4 members (excludes halogenated alkanes) is 1. The predicted molar refractivity (Wildman–Crippen MR) is 75.0 cm³/mol. The molecule has 0 aliphatic carbocycles. The largest absolute Gasteiger partial charge is 0.304 e. The van der Waals surface area contributed by atoms with Crippen LogP contribution in [0.5, 0.6) is 0 Å². The summed E-state index contributed by atoms with van der Waals surface area (Å²) in [5, 5.41) is 0. The molecule has 0 heterocycles. The molecule has 5 nitrogen and oxygen atoms in total. The van der Waals surface area contributed by atoms with Gasteiger partial charge in [0.15, 0.2) is 0 Å². The van der Waals surface area contributed by atoms with E-state index in [0.29, 0.717) is 24.5 Å². The molecule has 0 aromatic heterocycles. The van der Waals surface area contributed by atoms with Crippen molar-refractivity contribution in [2.75, 3.05) is 20.2 Å². The molecule has 0 bridgehead atoms. The normalized spacial score (nSPS) is 12.0. The first-order valence-electron chi connectivity index (χ1n) is 6.39. The third-order valence-electron chi connectivity index (χ3n) is 2.97. The number of rotatable bonds is 8. The summed E-state index contributed by atoms with van der Waals surface area (Å²) in [7, 11) is -1.76. The van der Waals surface area contributed by atoms with Crippen molar-refractivity contribution in [3.05, 3.63) is 29.8 Å². The van der Waals surface area contributed by atoms with Gasteiger partial charge < -0.3 is 4.84 Å². The summed E-state index contributed by atoms with van der Waals surface area (Å²) in [6.45, 7) is 3.00. The fourth-order valence-corrected chi connectivity index (χ4v) is 2.90. The lowest BCUT2D eigenvalue weighted by Gasteiger charge is -2.16. The number of hydrogen-bond donors (Lipinski definition) is 1. The van der Waals surface area contributed by atoms with Crippen molar-refractivity contribution in [1.29, 1.82) is 0 Å². The molecule has 0 atom stereocenters. The summed E-state index contributed by atoms with van der Waals surface area (Å²) >= 11 is 0. The Bertz CT molecular complexity index is 471. The van der Waals surface area contributed by atoms with Gasteiger partial charge in [0.2, 0.25) is 10.0 Å². The summed E-state index contributed by atoms with van der Waals surface area (Å²) < 4.78 is 25.9. The molecular formula is C13H22N2O3S. The van der Waals surface area contributed by atoms with E-state index in [2.05, 4.69) is 4.84 Å². The van der Waals surface area contributed by atoms with Crippen LogP contribution in [-0.4, -0.2) is 32.9 Å². The van der Waals surface area contributed by atoms with Gasteiger partial charge in [-0.3, -0.25) is 0 Å². The van der Waals surface area contributed by atoms with Crippen molar-refractivity contribution in [2.45, 2.75) is 31.1 Å². The maximum Gasteiger partial charge on any atom is 0.242 e. The first-order chi connectivity index (χ1) is 9.02. The van der Waals surface area contributed by atoms with E-state index in [4.69, 9.17) is 5.90 Å². The smallest absolute Gasteiger partial charge is 0.242 e. The van der Waals surface area contributed by atoms with Gasteiger partial charge in [-0.15, -0.1) is 0 Å². The molecular weight excluding hydrogens is 264 g/mol. The van der Waals surface area contributed by atoms with Gasteiger partial charge in [0, 0.05) is 13.6 Å². The Morgan fingerprint density at radius 2 is 1.89 bits per heavy atom. The van der Waals surface area contributed by atoms with Crippen LogP contribution in [0.25, 0.3) is 0 Å². The van der Waals surface area contributed by atoms with Crippen LogP contribution in [0.3, 0.4) is 0 Å². The first kappa shape index (κ1) is 16.1. The van der Waals surface area contributed by atoms with Crippen molar-refractivity contribution in [3.8, 4) is 0 Å². The Balaban J connectivity index is 2.78. The lowest BCUT2D eigenvalue weighted by molar-refractivity contribution is 0.141. The van der Waals surface area contributed by atoms with Crippen LogP contribution in [0.2, 0.25) is 0 Å². The highest BCUT2D eigenvalue weighted by Gasteiger charge is 2.19. The van der Waals surface area contributed by atoms with E-state index < -0.39 is 10.0 Å². The average Bonchev–Trinajstić information content (AvgIpc) is 2.42. The molecule has 0 aliphatic heterocycles. The predicted octanol–water partition coefficient (Wildman–Crippen LogP) is 1.54. The molecule has 2 N–H and O–H groups in total. The van der Waals surface area contributed by atoms with Gasteiger partial charge in [-0.1, -0.05) is 25.5 Å². The summed E-state index contributed by atoms with van der Waals surface area (Å²) in [5.41, 5.74) is 1.00. The van der Waals surface area contributed by atoms with Gasteiger partial charge in [-0.2, -0.15) is 0 Å².